The van der Waals surface area contributed by atoms with Crippen LogP contribution in [0.3, 0.4) is 0 Å². The highest BCUT2D eigenvalue weighted by Crippen LogP contribution is 2.07. The molecule has 0 aliphatic carbocycles. The van der Waals surface area contributed by atoms with Gasteiger partial charge in [-0.25, -0.2) is 0 Å². The Morgan fingerprint density at radius 2 is 1.76 bits per heavy atom. The number of aryl methyl sites for hydroxylation is 1. The number of nitrogens with one attached hydrogen (secondary N) is 1. The molecule has 0 saturated heterocycles. The number of aliphatic carboxylic acids is 1. The third-order valence-corrected chi connectivity index (χ3v) is 3.20. The van der Waals surface area contributed by atoms with Crippen LogP contribution in [0, 0.1) is 5.92 Å². The Morgan fingerprint density at radius 3 is 2.24 bits per heavy atom. The lowest BCUT2D eigenvalue weighted by Crippen LogP contribution is -2.35. The van der Waals surface area contributed by atoms with E-state index in [9.17, 15) is 4.79 Å². The summed E-state index contributed by atoms with van der Waals surface area (Å²) < 4.78 is 0. The first kappa shape index (κ1) is 13.7. The van der Waals surface area contributed by atoms with Crippen LogP contribution in [0.15, 0.2) is 24.3 Å². The van der Waals surface area contributed by atoms with Crippen molar-refractivity contribution in [2.45, 2.75) is 39.8 Å². The highest BCUT2D eigenvalue weighted by atomic mass is 16.4. The fourth-order valence-corrected chi connectivity index (χ4v) is 1.56. The highest BCUT2D eigenvalue weighted by molar-refractivity contribution is 5.70. The molecule has 0 fully saturated rings. The Morgan fingerprint density at radius 1 is 1.24 bits per heavy atom. The Hall–Kier alpha value is -1.35. The first-order valence-corrected chi connectivity index (χ1v) is 6.08. The van der Waals surface area contributed by atoms with E-state index in [0.29, 0.717) is 6.54 Å². The van der Waals surface area contributed by atoms with Gasteiger partial charge in [0.25, 0.3) is 0 Å². The van der Waals surface area contributed by atoms with Gasteiger partial charge in [0.2, 0.25) is 0 Å². The van der Waals surface area contributed by atoms with Crippen LogP contribution in [0.4, 0.5) is 0 Å². The normalized spacial score (nSPS) is 14.3. The maximum absolute atomic E-state index is 10.8. The van der Waals surface area contributed by atoms with Crippen molar-refractivity contribution in [2.24, 2.45) is 5.92 Å². The molecule has 94 valence electrons. The monoisotopic (exact) mass is 235 g/mol. The fraction of sp³-hybridized carbons (Fsp3) is 0.500. The molecule has 1 rings (SSSR count). The predicted octanol–water partition coefficient (Wildman–Crippen LogP) is 2.45. The van der Waals surface area contributed by atoms with Crippen molar-refractivity contribution in [3.05, 3.63) is 35.4 Å². The van der Waals surface area contributed by atoms with Crippen LogP contribution < -0.4 is 5.32 Å². The topological polar surface area (TPSA) is 49.3 Å². The Balaban J connectivity index is 2.47. The Bertz CT molecular complexity index is 359. The van der Waals surface area contributed by atoms with Crippen molar-refractivity contribution >= 4 is 5.97 Å². The summed E-state index contributed by atoms with van der Waals surface area (Å²) in [7, 11) is 0. The summed E-state index contributed by atoms with van der Waals surface area (Å²) in [6, 6.07) is 8.37. The van der Waals surface area contributed by atoms with Crippen LogP contribution >= 0.6 is 0 Å². The predicted molar refractivity (Wildman–Crippen MR) is 68.9 cm³/mol. The second kappa shape index (κ2) is 6.40. The molecule has 2 unspecified atom stereocenters. The van der Waals surface area contributed by atoms with Gasteiger partial charge in [-0.2, -0.15) is 0 Å². The molecule has 2 atom stereocenters. The summed E-state index contributed by atoms with van der Waals surface area (Å²) >= 11 is 0. The average molecular weight is 235 g/mol. The van der Waals surface area contributed by atoms with E-state index in [0.717, 1.165) is 6.42 Å². The van der Waals surface area contributed by atoms with E-state index in [1.807, 2.05) is 6.92 Å². The van der Waals surface area contributed by atoms with Crippen molar-refractivity contribution in [3.8, 4) is 0 Å². The molecular formula is C14H21NO2. The van der Waals surface area contributed by atoms with Gasteiger partial charge in [0.05, 0.1) is 5.92 Å². The number of rotatable bonds is 6. The lowest BCUT2D eigenvalue weighted by Gasteiger charge is -2.17. The molecule has 3 nitrogen and oxygen atoms in total. The van der Waals surface area contributed by atoms with Gasteiger partial charge in [0, 0.05) is 12.6 Å². The van der Waals surface area contributed by atoms with Crippen molar-refractivity contribution in [2.75, 3.05) is 0 Å². The maximum Gasteiger partial charge on any atom is 0.307 e. The minimum absolute atomic E-state index is 0.0293. The number of hydrogen-bond donors (Lipinski definition) is 2. The van der Waals surface area contributed by atoms with Crippen molar-refractivity contribution in [1.82, 2.24) is 5.32 Å². The molecule has 0 bridgehead atoms. The number of carboxylic acids is 1. The van der Waals surface area contributed by atoms with Crippen molar-refractivity contribution in [1.29, 1.82) is 0 Å². The van der Waals surface area contributed by atoms with Crippen LogP contribution in [0.5, 0.6) is 0 Å². The summed E-state index contributed by atoms with van der Waals surface area (Å²) in [4.78, 5) is 10.8. The molecule has 0 aliphatic rings. The minimum atomic E-state index is -0.758. The van der Waals surface area contributed by atoms with E-state index >= 15 is 0 Å². The fourth-order valence-electron chi connectivity index (χ4n) is 1.56. The van der Waals surface area contributed by atoms with Gasteiger partial charge in [0.15, 0.2) is 0 Å². The zero-order valence-corrected chi connectivity index (χ0v) is 10.7. The van der Waals surface area contributed by atoms with Crippen LogP contribution in [0.1, 0.15) is 31.9 Å². The molecule has 0 amide bonds. The van der Waals surface area contributed by atoms with Gasteiger partial charge >= 0.3 is 5.97 Å². The molecule has 17 heavy (non-hydrogen) atoms. The van der Waals surface area contributed by atoms with Gasteiger partial charge in [-0.1, -0.05) is 38.1 Å². The molecule has 0 radical (unpaired) electrons. The SMILES string of the molecule is CCc1ccc(CNC(C)C(C)C(=O)O)cc1. The lowest BCUT2D eigenvalue weighted by molar-refractivity contribution is -0.141. The van der Waals surface area contributed by atoms with E-state index < -0.39 is 5.97 Å². The molecule has 3 heteroatoms. The van der Waals surface area contributed by atoms with Crippen molar-refractivity contribution < 1.29 is 9.90 Å². The third kappa shape index (κ3) is 4.19. The van der Waals surface area contributed by atoms with Crippen LogP contribution in [-0.4, -0.2) is 17.1 Å². The number of carbonyl (C=O) groups is 1. The first-order valence-electron chi connectivity index (χ1n) is 6.08. The van der Waals surface area contributed by atoms with E-state index in [-0.39, 0.29) is 12.0 Å². The van der Waals surface area contributed by atoms with E-state index in [1.54, 1.807) is 6.92 Å². The third-order valence-electron chi connectivity index (χ3n) is 3.20. The quantitative estimate of drug-likeness (QED) is 0.796. The van der Waals surface area contributed by atoms with E-state index in [2.05, 4.69) is 36.5 Å². The molecular weight excluding hydrogens is 214 g/mol. The Labute approximate surface area is 103 Å². The summed E-state index contributed by atoms with van der Waals surface area (Å²) in [6.07, 6.45) is 1.04. The molecule has 2 N–H and O–H groups in total. The van der Waals surface area contributed by atoms with Gasteiger partial charge in [-0.05, 0) is 24.5 Å². The minimum Gasteiger partial charge on any atom is -0.481 e. The van der Waals surface area contributed by atoms with Crippen molar-refractivity contribution in [3.63, 3.8) is 0 Å². The zero-order chi connectivity index (χ0) is 12.8. The van der Waals surface area contributed by atoms with Gasteiger partial charge in [-0.15, -0.1) is 0 Å². The van der Waals surface area contributed by atoms with E-state index in [4.69, 9.17) is 5.11 Å². The van der Waals surface area contributed by atoms with Crippen LogP contribution in [0.25, 0.3) is 0 Å². The summed E-state index contributed by atoms with van der Waals surface area (Å²) in [6.45, 7) is 6.46. The van der Waals surface area contributed by atoms with Gasteiger partial charge in [-0.3, -0.25) is 4.79 Å². The first-order chi connectivity index (χ1) is 8.04. The zero-order valence-electron chi connectivity index (χ0n) is 10.7. The summed E-state index contributed by atoms with van der Waals surface area (Å²) in [5.74, 6) is -1.13. The molecule has 1 aromatic carbocycles. The van der Waals surface area contributed by atoms with Crippen LogP contribution in [0.2, 0.25) is 0 Å². The standard InChI is InChI=1S/C14H21NO2/c1-4-12-5-7-13(8-6-12)9-15-11(3)10(2)14(16)17/h5-8,10-11,15H,4,9H2,1-3H3,(H,16,17). The van der Waals surface area contributed by atoms with Crippen LogP contribution in [-0.2, 0) is 17.8 Å². The molecule has 0 spiro atoms. The second-order valence-corrected chi connectivity index (χ2v) is 4.47. The van der Waals surface area contributed by atoms with E-state index in [1.165, 1.54) is 11.1 Å². The number of benzene rings is 1. The molecule has 0 saturated carbocycles. The molecule has 1 aromatic rings. The lowest BCUT2D eigenvalue weighted by atomic mass is 10.0. The largest absolute Gasteiger partial charge is 0.481 e. The van der Waals surface area contributed by atoms with Gasteiger partial charge < -0.3 is 10.4 Å². The average Bonchev–Trinajstić information content (AvgIpc) is 2.35. The number of hydrogen-bond acceptors (Lipinski definition) is 2. The maximum atomic E-state index is 10.8. The summed E-state index contributed by atoms with van der Waals surface area (Å²) in [5.41, 5.74) is 2.51. The smallest absolute Gasteiger partial charge is 0.307 e. The summed E-state index contributed by atoms with van der Waals surface area (Å²) in [5, 5.41) is 12.1. The number of carboxylic acid groups (broad SMARTS) is 1. The molecule has 0 aliphatic heterocycles. The Kier molecular flexibility index (Phi) is 5.16. The second-order valence-electron chi connectivity index (χ2n) is 4.47. The van der Waals surface area contributed by atoms with Gasteiger partial charge in [0.1, 0.15) is 0 Å². The molecule has 0 heterocycles. The highest BCUT2D eigenvalue weighted by Gasteiger charge is 2.18. The molecule has 0 aromatic heterocycles.